The second-order valence-electron chi connectivity index (χ2n) is 8.14. The van der Waals surface area contributed by atoms with Crippen molar-refractivity contribution in [3.05, 3.63) is 65.9 Å². The summed E-state index contributed by atoms with van der Waals surface area (Å²) in [6.45, 7) is 1.81. The van der Waals surface area contributed by atoms with E-state index in [2.05, 4.69) is 15.4 Å². The van der Waals surface area contributed by atoms with Gasteiger partial charge in [-0.05, 0) is 31.4 Å². The van der Waals surface area contributed by atoms with Crippen molar-refractivity contribution in [1.82, 2.24) is 19.9 Å². The zero-order valence-corrected chi connectivity index (χ0v) is 20.8. The Labute approximate surface area is 209 Å². The Morgan fingerprint density at radius 3 is 2.47 bits per heavy atom. The largest absolute Gasteiger partial charge is 0.480 e. The quantitative estimate of drug-likeness (QED) is 0.157. The molecule has 11 nitrogen and oxygen atoms in total. The molecular formula is C24H29N5O6S. The van der Waals surface area contributed by atoms with Gasteiger partial charge in [-0.2, -0.15) is 0 Å². The lowest BCUT2D eigenvalue weighted by Crippen LogP contribution is -2.43. The normalized spacial score (nSPS) is 12.1. The lowest BCUT2D eigenvalue weighted by Gasteiger charge is -2.15. The van der Waals surface area contributed by atoms with Gasteiger partial charge in [-0.25, -0.2) is 22.7 Å². The highest BCUT2D eigenvalue weighted by molar-refractivity contribution is 7.90. The van der Waals surface area contributed by atoms with Crippen LogP contribution in [0.15, 0.2) is 59.5 Å². The number of carboxylic acids is 1. The Morgan fingerprint density at radius 1 is 1.11 bits per heavy atom. The van der Waals surface area contributed by atoms with Gasteiger partial charge in [0.05, 0.1) is 0 Å². The van der Waals surface area contributed by atoms with Gasteiger partial charge < -0.3 is 25.0 Å². The molecule has 192 valence electrons. The number of hydrogen-bond donors (Lipinski definition) is 5. The van der Waals surface area contributed by atoms with Gasteiger partial charge in [-0.1, -0.05) is 48.5 Å². The SMILES string of the molecule is Cc1c(S(=O)(=O)NC(=N)NCCCC(NC(=O)OCc2ccccc2)C(=O)O)c2ccccc2n1C. The van der Waals surface area contributed by atoms with E-state index in [0.717, 1.165) is 11.1 Å². The molecule has 0 aliphatic heterocycles. The van der Waals surface area contributed by atoms with E-state index in [4.69, 9.17) is 10.1 Å². The van der Waals surface area contributed by atoms with Crippen molar-refractivity contribution in [3.63, 3.8) is 0 Å². The van der Waals surface area contributed by atoms with Crippen molar-refractivity contribution in [3.8, 4) is 0 Å². The minimum Gasteiger partial charge on any atom is -0.480 e. The van der Waals surface area contributed by atoms with Crippen molar-refractivity contribution in [2.75, 3.05) is 6.54 Å². The average Bonchev–Trinajstić information content (AvgIpc) is 3.10. The minimum absolute atomic E-state index is 0.00799. The Bertz CT molecular complexity index is 1350. The summed E-state index contributed by atoms with van der Waals surface area (Å²) in [5.74, 6) is -1.67. The monoisotopic (exact) mass is 515 g/mol. The number of nitrogens with one attached hydrogen (secondary N) is 4. The Kier molecular flexibility index (Phi) is 8.54. The molecule has 3 rings (SSSR count). The van der Waals surface area contributed by atoms with Crippen LogP contribution < -0.4 is 15.4 Å². The van der Waals surface area contributed by atoms with Crippen LogP contribution >= 0.6 is 0 Å². The number of carboxylic acid groups (broad SMARTS) is 1. The number of benzene rings is 2. The number of carbonyl (C=O) groups excluding carboxylic acids is 1. The number of para-hydroxylation sites is 1. The lowest BCUT2D eigenvalue weighted by molar-refractivity contribution is -0.139. The number of aromatic nitrogens is 1. The standard InChI is InChI=1S/C24H29N5O6S/c1-16-21(18-11-6-7-13-20(18)29(16)2)36(33,34)28-23(25)26-14-8-12-19(22(30)31)27-24(32)35-15-17-9-4-3-5-10-17/h3-7,9-11,13,19H,8,12,14-15H2,1-2H3,(H,27,32)(H,30,31)(H3,25,26,28). The van der Waals surface area contributed by atoms with Gasteiger partial charge in [0.2, 0.25) is 5.96 Å². The number of guanidine groups is 1. The third-order valence-electron chi connectivity index (χ3n) is 5.62. The van der Waals surface area contributed by atoms with E-state index in [0.29, 0.717) is 11.1 Å². The summed E-state index contributed by atoms with van der Waals surface area (Å²) in [5.41, 5.74) is 2.05. The number of aryl methyl sites for hydroxylation is 1. The zero-order valence-electron chi connectivity index (χ0n) is 19.9. The molecule has 0 fully saturated rings. The highest BCUT2D eigenvalue weighted by Crippen LogP contribution is 2.28. The topological polar surface area (TPSA) is 163 Å². The van der Waals surface area contributed by atoms with Crippen LogP contribution in [0.4, 0.5) is 4.79 Å². The van der Waals surface area contributed by atoms with Gasteiger partial charge in [0.15, 0.2) is 0 Å². The van der Waals surface area contributed by atoms with E-state index in [1.165, 1.54) is 0 Å². The van der Waals surface area contributed by atoms with Gasteiger partial charge in [0, 0.05) is 30.2 Å². The number of aliphatic carboxylic acids is 1. The van der Waals surface area contributed by atoms with Crippen LogP contribution in [0.1, 0.15) is 24.1 Å². The van der Waals surface area contributed by atoms with Crippen LogP contribution in [-0.2, 0) is 33.2 Å². The fraction of sp³-hybridized carbons (Fsp3) is 0.292. The zero-order chi connectivity index (χ0) is 26.3. The third-order valence-corrected chi connectivity index (χ3v) is 7.15. The number of amides is 1. The smallest absolute Gasteiger partial charge is 0.408 e. The molecule has 1 atom stereocenters. The van der Waals surface area contributed by atoms with E-state index < -0.39 is 34.1 Å². The number of rotatable bonds is 10. The first-order chi connectivity index (χ1) is 17.1. The molecule has 12 heteroatoms. The molecule has 0 aliphatic carbocycles. The summed E-state index contributed by atoms with van der Waals surface area (Å²) in [4.78, 5) is 23.6. The number of nitrogens with zero attached hydrogens (tertiary/aromatic N) is 1. The molecule has 1 aromatic heterocycles. The summed E-state index contributed by atoms with van der Waals surface area (Å²) in [5, 5.41) is 22.8. The number of carbonyl (C=O) groups is 2. The fourth-order valence-electron chi connectivity index (χ4n) is 3.73. The highest BCUT2D eigenvalue weighted by atomic mass is 32.2. The van der Waals surface area contributed by atoms with Crippen LogP contribution in [0, 0.1) is 12.3 Å². The van der Waals surface area contributed by atoms with Crippen LogP contribution in [0.2, 0.25) is 0 Å². The summed E-state index contributed by atoms with van der Waals surface area (Å²) in [6.07, 6.45) is -0.566. The molecule has 1 unspecified atom stereocenters. The lowest BCUT2D eigenvalue weighted by atomic mass is 10.1. The summed E-state index contributed by atoms with van der Waals surface area (Å²) in [6, 6.07) is 14.9. The van der Waals surface area contributed by atoms with Gasteiger partial charge in [-0.15, -0.1) is 0 Å². The molecule has 1 heterocycles. The second-order valence-corrected chi connectivity index (χ2v) is 9.76. The van der Waals surface area contributed by atoms with Gasteiger partial charge in [0.25, 0.3) is 10.0 Å². The first-order valence-corrected chi connectivity index (χ1v) is 12.7. The summed E-state index contributed by atoms with van der Waals surface area (Å²) < 4.78 is 35.0. The van der Waals surface area contributed by atoms with Crippen molar-refractivity contribution in [2.24, 2.45) is 7.05 Å². The molecular weight excluding hydrogens is 486 g/mol. The first-order valence-electron chi connectivity index (χ1n) is 11.2. The highest BCUT2D eigenvalue weighted by Gasteiger charge is 2.25. The maximum absolute atomic E-state index is 13.0. The second kappa shape index (κ2) is 11.6. The summed E-state index contributed by atoms with van der Waals surface area (Å²) >= 11 is 0. The molecule has 1 amide bonds. The van der Waals surface area contributed by atoms with E-state index in [-0.39, 0.29) is 30.9 Å². The molecule has 0 spiro atoms. The predicted octanol–water partition coefficient (Wildman–Crippen LogP) is 2.45. The van der Waals surface area contributed by atoms with E-state index in [1.807, 2.05) is 18.2 Å². The predicted molar refractivity (Wildman–Crippen MR) is 134 cm³/mol. The van der Waals surface area contributed by atoms with Crippen LogP contribution in [0.3, 0.4) is 0 Å². The van der Waals surface area contributed by atoms with Crippen molar-refractivity contribution in [2.45, 2.75) is 37.3 Å². The number of ether oxygens (including phenoxy) is 1. The average molecular weight is 516 g/mol. The van der Waals surface area contributed by atoms with Gasteiger partial charge in [0.1, 0.15) is 17.5 Å². The molecule has 2 aromatic carbocycles. The van der Waals surface area contributed by atoms with Crippen molar-refractivity contribution < 1.29 is 27.9 Å². The molecule has 36 heavy (non-hydrogen) atoms. The summed E-state index contributed by atoms with van der Waals surface area (Å²) in [7, 11) is -2.27. The molecule has 3 aromatic rings. The fourth-order valence-corrected chi connectivity index (χ4v) is 5.16. The molecule has 0 bridgehead atoms. The maximum atomic E-state index is 13.0. The minimum atomic E-state index is -4.03. The van der Waals surface area contributed by atoms with Crippen molar-refractivity contribution in [1.29, 1.82) is 5.41 Å². The number of sulfonamides is 1. The Balaban J connectivity index is 1.48. The van der Waals surface area contributed by atoms with Gasteiger partial charge in [-0.3, -0.25) is 5.41 Å². The van der Waals surface area contributed by atoms with Crippen LogP contribution in [-0.4, -0.2) is 48.7 Å². The molecule has 0 saturated carbocycles. The van der Waals surface area contributed by atoms with E-state index in [1.54, 1.807) is 54.9 Å². The number of alkyl carbamates (subject to hydrolysis) is 1. The number of hydrogen-bond acceptors (Lipinski definition) is 6. The Morgan fingerprint density at radius 2 is 1.78 bits per heavy atom. The third kappa shape index (κ3) is 6.54. The first kappa shape index (κ1) is 26.5. The molecule has 0 saturated heterocycles. The van der Waals surface area contributed by atoms with Crippen molar-refractivity contribution >= 4 is 38.9 Å². The van der Waals surface area contributed by atoms with E-state index in [9.17, 15) is 23.1 Å². The molecule has 0 aliphatic rings. The van der Waals surface area contributed by atoms with E-state index >= 15 is 0 Å². The van der Waals surface area contributed by atoms with Crippen LogP contribution in [0.25, 0.3) is 10.9 Å². The van der Waals surface area contributed by atoms with Gasteiger partial charge >= 0.3 is 12.1 Å². The van der Waals surface area contributed by atoms with Crippen LogP contribution in [0.5, 0.6) is 0 Å². The molecule has 0 radical (unpaired) electrons. The number of fused-ring (bicyclic) bond motifs is 1. The maximum Gasteiger partial charge on any atom is 0.408 e. The Hall–Kier alpha value is -4.06. The molecule has 5 N–H and O–H groups in total.